The average Bonchev–Trinajstić information content (AvgIpc) is 2.40. The molecule has 2 nitrogen and oxygen atoms in total. The van der Waals surface area contributed by atoms with Crippen LogP contribution in [0.2, 0.25) is 0 Å². The van der Waals surface area contributed by atoms with E-state index in [9.17, 15) is 17.6 Å². The lowest BCUT2D eigenvalue weighted by atomic mass is 9.91. The van der Waals surface area contributed by atoms with Crippen LogP contribution in [0.3, 0.4) is 0 Å². The minimum absolute atomic E-state index is 0.133. The van der Waals surface area contributed by atoms with E-state index in [-0.39, 0.29) is 17.9 Å². The number of benzene rings is 1. The molecule has 2 rings (SSSR count). The molecule has 112 valence electrons. The monoisotopic (exact) mass is 312 g/mol. The first-order valence-electron chi connectivity index (χ1n) is 6.21. The first kappa shape index (κ1) is 15.4. The second-order valence-corrected chi connectivity index (χ2v) is 5.10. The summed E-state index contributed by atoms with van der Waals surface area (Å²) in [4.78, 5) is 0. The van der Waals surface area contributed by atoms with Gasteiger partial charge in [-0.15, -0.1) is 11.6 Å². The van der Waals surface area contributed by atoms with Gasteiger partial charge in [-0.1, -0.05) is 6.92 Å². The molecule has 0 aliphatic heterocycles. The van der Waals surface area contributed by atoms with Crippen LogP contribution in [-0.2, 0) is 4.74 Å². The van der Waals surface area contributed by atoms with Crippen molar-refractivity contribution < 1.29 is 27.0 Å². The van der Waals surface area contributed by atoms with E-state index in [4.69, 9.17) is 21.1 Å². The van der Waals surface area contributed by atoms with Crippen LogP contribution in [0.4, 0.5) is 17.6 Å². The van der Waals surface area contributed by atoms with Crippen LogP contribution < -0.4 is 4.74 Å². The number of hydrogen-bond acceptors (Lipinski definition) is 2. The van der Waals surface area contributed by atoms with Crippen molar-refractivity contribution in [3.63, 3.8) is 0 Å². The first-order valence-corrected chi connectivity index (χ1v) is 6.64. The van der Waals surface area contributed by atoms with E-state index in [0.29, 0.717) is 6.61 Å². The molecule has 0 bridgehead atoms. The summed E-state index contributed by atoms with van der Waals surface area (Å²) in [7, 11) is 0. The van der Waals surface area contributed by atoms with Crippen LogP contribution in [-0.4, -0.2) is 24.2 Å². The van der Waals surface area contributed by atoms with Crippen molar-refractivity contribution in [2.45, 2.75) is 37.4 Å². The Morgan fingerprint density at radius 3 is 2.30 bits per heavy atom. The van der Waals surface area contributed by atoms with E-state index in [0.717, 1.165) is 6.42 Å². The maximum absolute atomic E-state index is 13.5. The third kappa shape index (κ3) is 2.86. The van der Waals surface area contributed by atoms with Crippen molar-refractivity contribution in [1.82, 2.24) is 0 Å². The molecule has 1 aliphatic rings. The van der Waals surface area contributed by atoms with Gasteiger partial charge in [-0.05, 0) is 6.42 Å². The van der Waals surface area contributed by atoms with E-state index < -0.39 is 41.2 Å². The van der Waals surface area contributed by atoms with Gasteiger partial charge in [-0.25, -0.2) is 8.78 Å². The third-order valence-corrected chi connectivity index (χ3v) is 3.46. The fourth-order valence-corrected chi connectivity index (χ4v) is 2.32. The molecule has 0 spiro atoms. The van der Waals surface area contributed by atoms with E-state index in [1.54, 1.807) is 0 Å². The normalized spacial score (nSPS) is 25.4. The summed E-state index contributed by atoms with van der Waals surface area (Å²) in [5.41, 5.74) is 0. The minimum Gasteiger partial charge on any atom is -0.481 e. The Kier molecular flexibility index (Phi) is 4.75. The van der Waals surface area contributed by atoms with Gasteiger partial charge in [0.15, 0.2) is 17.4 Å². The summed E-state index contributed by atoms with van der Waals surface area (Å²) in [6, 6.07) is 0.133. The molecule has 1 aromatic carbocycles. The molecular weight excluding hydrogens is 300 g/mol. The predicted octanol–water partition coefficient (Wildman–Crippen LogP) is 3.80. The highest BCUT2D eigenvalue weighted by Gasteiger charge is 2.43. The Labute approximate surface area is 118 Å². The van der Waals surface area contributed by atoms with Crippen LogP contribution in [0.1, 0.15) is 19.8 Å². The lowest BCUT2D eigenvalue weighted by Gasteiger charge is -2.40. The molecular formula is C13H13ClF4O2. The van der Waals surface area contributed by atoms with Crippen LogP contribution >= 0.6 is 11.6 Å². The minimum atomic E-state index is -1.56. The molecule has 0 saturated heterocycles. The molecule has 1 fully saturated rings. The second kappa shape index (κ2) is 6.18. The quantitative estimate of drug-likeness (QED) is 0.468. The molecule has 3 unspecified atom stereocenters. The fourth-order valence-electron chi connectivity index (χ4n) is 1.91. The highest BCUT2D eigenvalue weighted by Crippen LogP contribution is 2.36. The van der Waals surface area contributed by atoms with Gasteiger partial charge >= 0.3 is 0 Å². The van der Waals surface area contributed by atoms with Crippen LogP contribution in [0.5, 0.6) is 5.75 Å². The molecule has 0 aromatic heterocycles. The van der Waals surface area contributed by atoms with Crippen LogP contribution in [0.15, 0.2) is 6.07 Å². The summed E-state index contributed by atoms with van der Waals surface area (Å²) < 4.78 is 63.4. The fraction of sp³-hybridized carbons (Fsp3) is 0.538. The summed E-state index contributed by atoms with van der Waals surface area (Å²) in [5, 5.41) is -0.351. The van der Waals surface area contributed by atoms with E-state index in [2.05, 4.69) is 0 Å². The number of rotatable bonds is 5. The SMILES string of the molecule is CCCOC1C(Cl)CC1Oc1c(F)c(F)cc(F)c1F. The zero-order valence-corrected chi connectivity index (χ0v) is 11.4. The molecule has 1 aliphatic carbocycles. The number of hydrogen-bond donors (Lipinski definition) is 0. The largest absolute Gasteiger partial charge is 0.481 e. The van der Waals surface area contributed by atoms with Gasteiger partial charge in [-0.2, -0.15) is 8.78 Å². The summed E-state index contributed by atoms with van der Waals surface area (Å²) in [5.74, 6) is -7.20. The maximum atomic E-state index is 13.5. The van der Waals surface area contributed by atoms with Gasteiger partial charge in [0.25, 0.3) is 0 Å². The average molecular weight is 313 g/mol. The van der Waals surface area contributed by atoms with Gasteiger partial charge in [0.1, 0.15) is 12.2 Å². The van der Waals surface area contributed by atoms with E-state index >= 15 is 0 Å². The maximum Gasteiger partial charge on any atom is 0.203 e. The molecule has 1 saturated carbocycles. The molecule has 0 amide bonds. The van der Waals surface area contributed by atoms with E-state index in [1.807, 2.05) is 6.92 Å². The molecule has 0 heterocycles. The Morgan fingerprint density at radius 2 is 1.80 bits per heavy atom. The molecule has 3 atom stereocenters. The van der Waals surface area contributed by atoms with Crippen molar-refractivity contribution in [3.05, 3.63) is 29.3 Å². The highest BCUT2D eigenvalue weighted by atomic mass is 35.5. The summed E-state index contributed by atoms with van der Waals surface area (Å²) in [6.45, 7) is 2.30. The molecule has 0 N–H and O–H groups in total. The summed E-state index contributed by atoms with van der Waals surface area (Å²) >= 11 is 5.91. The Morgan fingerprint density at radius 1 is 1.20 bits per heavy atom. The van der Waals surface area contributed by atoms with Crippen molar-refractivity contribution in [3.8, 4) is 5.75 Å². The molecule has 0 radical (unpaired) electrons. The second-order valence-electron chi connectivity index (χ2n) is 4.54. The van der Waals surface area contributed by atoms with Gasteiger partial charge in [-0.3, -0.25) is 0 Å². The van der Waals surface area contributed by atoms with Crippen molar-refractivity contribution >= 4 is 11.6 Å². The molecule has 7 heteroatoms. The van der Waals surface area contributed by atoms with Crippen molar-refractivity contribution in [2.75, 3.05) is 6.61 Å². The molecule has 20 heavy (non-hydrogen) atoms. The van der Waals surface area contributed by atoms with Crippen LogP contribution in [0.25, 0.3) is 0 Å². The highest BCUT2D eigenvalue weighted by molar-refractivity contribution is 6.21. The summed E-state index contributed by atoms with van der Waals surface area (Å²) in [6.07, 6.45) is -0.257. The Bertz CT molecular complexity index is 471. The zero-order chi connectivity index (χ0) is 14.9. The standard InChI is InChI=1S/C13H13ClF4O2/c1-2-3-19-12-6(14)4-9(12)20-13-10(17)7(15)5-8(16)11(13)18/h5-6,9,12H,2-4H2,1H3. The van der Waals surface area contributed by atoms with Gasteiger partial charge in [0.05, 0.1) is 5.38 Å². The smallest absolute Gasteiger partial charge is 0.203 e. The number of alkyl halides is 1. The predicted molar refractivity (Wildman–Crippen MR) is 65.0 cm³/mol. The van der Waals surface area contributed by atoms with Gasteiger partial charge in [0, 0.05) is 19.1 Å². The lowest BCUT2D eigenvalue weighted by Crippen LogP contribution is -2.53. The van der Waals surface area contributed by atoms with Gasteiger partial charge in [0.2, 0.25) is 11.6 Å². The first-order chi connectivity index (χ1) is 9.45. The number of ether oxygens (including phenoxy) is 2. The van der Waals surface area contributed by atoms with E-state index in [1.165, 1.54) is 0 Å². The number of halogens is 5. The van der Waals surface area contributed by atoms with Gasteiger partial charge < -0.3 is 9.47 Å². The third-order valence-electron chi connectivity index (χ3n) is 3.04. The zero-order valence-electron chi connectivity index (χ0n) is 10.6. The van der Waals surface area contributed by atoms with Crippen molar-refractivity contribution in [2.24, 2.45) is 0 Å². The molecule has 1 aromatic rings. The Balaban J connectivity index is 2.14. The Hall–Kier alpha value is -1.01. The van der Waals surface area contributed by atoms with Crippen molar-refractivity contribution in [1.29, 1.82) is 0 Å². The topological polar surface area (TPSA) is 18.5 Å². The lowest BCUT2D eigenvalue weighted by molar-refractivity contribution is -0.0822. The van der Waals surface area contributed by atoms with Crippen LogP contribution in [0, 0.1) is 23.3 Å².